The topological polar surface area (TPSA) is 34.1 Å². The third-order valence-electron chi connectivity index (χ3n) is 5.92. The first kappa shape index (κ1) is 26.6. The molecule has 0 spiro atoms. The lowest BCUT2D eigenvalue weighted by atomic mass is 10.4. The fourth-order valence-electron chi connectivity index (χ4n) is 4.06. The lowest BCUT2D eigenvalue weighted by molar-refractivity contribution is 0.583. The highest BCUT2D eigenvalue weighted by Crippen LogP contribution is 2.49. The molecule has 0 bridgehead atoms. The van der Waals surface area contributed by atoms with Gasteiger partial charge in [-0.3, -0.25) is 0 Å². The van der Waals surface area contributed by atoms with Gasteiger partial charge in [-0.2, -0.15) is 0 Å². The number of hydrogen-bond donors (Lipinski definition) is 0. The van der Waals surface area contributed by atoms with Crippen molar-refractivity contribution in [1.29, 1.82) is 0 Å². The van der Waals surface area contributed by atoms with Gasteiger partial charge in [-0.25, -0.2) is 0 Å². The fourth-order valence-corrected chi connectivity index (χ4v) is 10.2. The van der Waals surface area contributed by atoms with Crippen LogP contribution < -0.4 is 21.2 Å². The molecule has 0 radical (unpaired) electrons. The van der Waals surface area contributed by atoms with Gasteiger partial charge in [0.2, 0.25) is 0 Å². The predicted octanol–water partition coefficient (Wildman–Crippen LogP) is 8.02. The molecule has 0 aliphatic heterocycles. The predicted molar refractivity (Wildman–Crippen MR) is 154 cm³/mol. The molecule has 0 saturated carbocycles. The minimum Gasteiger partial charge on any atom is -0.314 e. The molecular formula is C27H22Cl4O2P2. The summed E-state index contributed by atoms with van der Waals surface area (Å²) in [5, 5.41) is 5.12. The molecule has 0 aliphatic rings. The molecule has 0 aromatic heterocycles. The second-order valence-electron chi connectivity index (χ2n) is 8.19. The summed E-state index contributed by atoms with van der Waals surface area (Å²) in [4.78, 5) is 0. The van der Waals surface area contributed by atoms with Crippen LogP contribution in [0.25, 0.3) is 0 Å². The minimum absolute atomic E-state index is 0.349. The van der Waals surface area contributed by atoms with Crippen molar-refractivity contribution >= 4 is 81.9 Å². The highest BCUT2D eigenvalue weighted by atomic mass is 35.5. The Balaban J connectivity index is 1.68. The van der Waals surface area contributed by atoms with Gasteiger partial charge < -0.3 is 9.13 Å². The molecule has 35 heavy (non-hydrogen) atoms. The van der Waals surface area contributed by atoms with Crippen LogP contribution in [-0.4, -0.2) is 12.3 Å². The van der Waals surface area contributed by atoms with E-state index in [1.165, 1.54) is 0 Å². The molecule has 8 heteroatoms. The van der Waals surface area contributed by atoms with Gasteiger partial charge in [-0.05, 0) is 103 Å². The van der Waals surface area contributed by atoms with Gasteiger partial charge >= 0.3 is 0 Å². The summed E-state index contributed by atoms with van der Waals surface area (Å²) in [6.45, 7) is 0. The summed E-state index contributed by atoms with van der Waals surface area (Å²) in [7, 11) is -6.06. The minimum atomic E-state index is -3.03. The molecule has 0 unspecified atom stereocenters. The molecule has 0 heterocycles. The first-order chi connectivity index (χ1) is 16.7. The van der Waals surface area contributed by atoms with E-state index in [2.05, 4.69) is 0 Å². The average Bonchev–Trinajstić information content (AvgIpc) is 2.85. The highest BCUT2D eigenvalue weighted by molar-refractivity contribution is 7.79. The van der Waals surface area contributed by atoms with E-state index in [1.807, 2.05) is 0 Å². The number of rotatable bonds is 8. The van der Waals surface area contributed by atoms with Gasteiger partial charge in [0, 0.05) is 53.6 Å². The molecule has 4 aromatic carbocycles. The van der Waals surface area contributed by atoms with Gasteiger partial charge in [0.1, 0.15) is 14.3 Å². The van der Waals surface area contributed by atoms with E-state index in [4.69, 9.17) is 46.4 Å². The van der Waals surface area contributed by atoms with Crippen LogP contribution in [0.1, 0.15) is 6.42 Å². The van der Waals surface area contributed by atoms with Gasteiger partial charge in [-0.1, -0.05) is 46.4 Å². The van der Waals surface area contributed by atoms with Crippen molar-refractivity contribution in [2.45, 2.75) is 6.42 Å². The lowest BCUT2D eigenvalue weighted by Gasteiger charge is -2.23. The van der Waals surface area contributed by atoms with Crippen molar-refractivity contribution in [3.05, 3.63) is 117 Å². The summed E-state index contributed by atoms with van der Waals surface area (Å²) in [6, 6.07) is 28.3. The van der Waals surface area contributed by atoms with Gasteiger partial charge in [-0.15, -0.1) is 0 Å². The largest absolute Gasteiger partial charge is 0.314 e. The van der Waals surface area contributed by atoms with Crippen LogP contribution in [0.3, 0.4) is 0 Å². The summed E-state index contributed by atoms with van der Waals surface area (Å²) in [5.74, 6) is 0. The maximum Gasteiger partial charge on any atom is 0.143 e. The Morgan fingerprint density at radius 1 is 0.400 bits per heavy atom. The normalized spacial score (nSPS) is 12.0. The van der Waals surface area contributed by atoms with E-state index in [0.29, 0.717) is 60.1 Å². The zero-order chi connectivity index (χ0) is 25.1. The summed E-state index contributed by atoms with van der Waals surface area (Å²) >= 11 is 24.4. The maximum atomic E-state index is 14.5. The van der Waals surface area contributed by atoms with Gasteiger partial charge in [0.15, 0.2) is 0 Å². The van der Waals surface area contributed by atoms with Crippen LogP contribution >= 0.6 is 60.7 Å². The molecule has 0 atom stereocenters. The Kier molecular flexibility index (Phi) is 8.55. The van der Waals surface area contributed by atoms with Gasteiger partial charge in [0.05, 0.1) is 0 Å². The summed E-state index contributed by atoms with van der Waals surface area (Å²) in [5.41, 5.74) is 0. The Morgan fingerprint density at radius 3 is 0.800 bits per heavy atom. The van der Waals surface area contributed by atoms with Crippen molar-refractivity contribution < 1.29 is 9.13 Å². The van der Waals surface area contributed by atoms with Crippen LogP contribution in [0, 0.1) is 0 Å². The quantitative estimate of drug-likeness (QED) is 0.197. The van der Waals surface area contributed by atoms with E-state index in [-0.39, 0.29) is 0 Å². The first-order valence-electron chi connectivity index (χ1n) is 10.9. The van der Waals surface area contributed by atoms with E-state index >= 15 is 0 Å². The highest BCUT2D eigenvalue weighted by Gasteiger charge is 2.31. The molecule has 0 fully saturated rings. The molecule has 4 aromatic rings. The Bertz CT molecular complexity index is 1180. The lowest BCUT2D eigenvalue weighted by Crippen LogP contribution is -2.22. The van der Waals surface area contributed by atoms with E-state index in [0.717, 1.165) is 0 Å². The Hall–Kier alpha value is -1.50. The fraction of sp³-hybridized carbons (Fsp3) is 0.111. The van der Waals surface area contributed by atoms with Crippen molar-refractivity contribution in [3.8, 4) is 0 Å². The second kappa shape index (κ2) is 11.3. The third-order valence-corrected chi connectivity index (χ3v) is 13.4. The smallest absolute Gasteiger partial charge is 0.143 e. The molecule has 0 aliphatic carbocycles. The zero-order valence-corrected chi connectivity index (χ0v) is 23.4. The van der Waals surface area contributed by atoms with Crippen molar-refractivity contribution in [2.75, 3.05) is 12.3 Å². The zero-order valence-electron chi connectivity index (χ0n) is 18.6. The van der Waals surface area contributed by atoms with E-state index in [9.17, 15) is 9.13 Å². The van der Waals surface area contributed by atoms with Crippen LogP contribution in [0.15, 0.2) is 97.1 Å². The third kappa shape index (κ3) is 6.08. The van der Waals surface area contributed by atoms with E-state index < -0.39 is 14.3 Å². The molecule has 0 N–H and O–H groups in total. The molecular weight excluding hydrogens is 560 g/mol. The number of benzene rings is 4. The average molecular weight is 582 g/mol. The van der Waals surface area contributed by atoms with Gasteiger partial charge in [0.25, 0.3) is 0 Å². The Labute approximate surface area is 225 Å². The number of hydrogen-bond acceptors (Lipinski definition) is 2. The summed E-state index contributed by atoms with van der Waals surface area (Å²) in [6.07, 6.45) is 1.17. The molecule has 2 nitrogen and oxygen atoms in total. The first-order valence-corrected chi connectivity index (χ1v) is 16.2. The van der Waals surface area contributed by atoms with Crippen LogP contribution in [0.2, 0.25) is 20.1 Å². The van der Waals surface area contributed by atoms with Crippen LogP contribution in [-0.2, 0) is 9.13 Å². The van der Waals surface area contributed by atoms with Crippen molar-refractivity contribution in [2.24, 2.45) is 0 Å². The van der Waals surface area contributed by atoms with Crippen molar-refractivity contribution in [3.63, 3.8) is 0 Å². The number of halogens is 4. The van der Waals surface area contributed by atoms with Crippen molar-refractivity contribution in [1.82, 2.24) is 0 Å². The molecule has 0 amide bonds. The van der Waals surface area contributed by atoms with Crippen LogP contribution in [0.5, 0.6) is 0 Å². The van der Waals surface area contributed by atoms with Crippen LogP contribution in [0.4, 0.5) is 0 Å². The maximum absolute atomic E-state index is 14.5. The standard InChI is InChI=1S/C27H22Cl4O2P2/c28-20-2-10-24(11-3-20)34(32,25-12-4-21(29)5-13-25)18-1-19-35(33,26-14-6-22(30)7-15-26)27-16-8-23(31)9-17-27/h2-17H,1,18-19H2. The molecule has 4 rings (SSSR count). The SMILES string of the molecule is O=P(CCCP(=O)(c1ccc(Cl)cc1)c1ccc(Cl)cc1)(c1ccc(Cl)cc1)c1ccc(Cl)cc1. The Morgan fingerprint density at radius 2 is 0.600 bits per heavy atom. The monoisotopic (exact) mass is 580 g/mol. The molecule has 0 saturated heterocycles. The second-order valence-corrected chi connectivity index (χ2v) is 15.9. The van der Waals surface area contributed by atoms with E-state index in [1.54, 1.807) is 97.1 Å². The summed E-state index contributed by atoms with van der Waals surface area (Å²) < 4.78 is 29.0. The molecule has 180 valence electrons.